The molecule has 1 aliphatic heterocycles. The van der Waals surface area contributed by atoms with Crippen LogP contribution in [0.25, 0.3) is 0 Å². The summed E-state index contributed by atoms with van der Waals surface area (Å²) in [6, 6.07) is 4.08. The molecule has 0 saturated carbocycles. The van der Waals surface area contributed by atoms with Crippen LogP contribution in [0.4, 0.5) is 4.39 Å². The Morgan fingerprint density at radius 1 is 1.24 bits per heavy atom. The van der Waals surface area contributed by atoms with Crippen LogP contribution in [0, 0.1) is 5.82 Å². The second kappa shape index (κ2) is 8.11. The van der Waals surface area contributed by atoms with Crippen molar-refractivity contribution in [1.82, 2.24) is 14.7 Å². The third-order valence-electron chi connectivity index (χ3n) is 4.02. The Bertz CT molecular complexity index is 682. The van der Waals surface area contributed by atoms with Gasteiger partial charge >= 0.3 is 0 Å². The van der Waals surface area contributed by atoms with Crippen LogP contribution in [0.15, 0.2) is 30.9 Å². The summed E-state index contributed by atoms with van der Waals surface area (Å²) in [5.74, 6) is -1.71. The molecule has 0 bridgehead atoms. The third-order valence-corrected chi connectivity index (χ3v) is 4.33. The molecule has 1 aromatic carbocycles. The molecule has 0 unspecified atom stereocenters. The van der Waals surface area contributed by atoms with Crippen molar-refractivity contribution in [2.24, 2.45) is 0 Å². The van der Waals surface area contributed by atoms with E-state index in [0.717, 1.165) is 6.08 Å². The molecule has 0 atom stereocenters. The number of rotatable bonds is 4. The van der Waals surface area contributed by atoms with Crippen LogP contribution in [-0.2, 0) is 9.59 Å². The van der Waals surface area contributed by atoms with Crippen LogP contribution in [0.1, 0.15) is 10.4 Å². The zero-order valence-corrected chi connectivity index (χ0v) is 14.6. The minimum atomic E-state index is -0.666. The second-order valence-corrected chi connectivity index (χ2v) is 6.08. The number of carbonyl (C=O) groups is 3. The van der Waals surface area contributed by atoms with Gasteiger partial charge in [0.2, 0.25) is 11.8 Å². The van der Waals surface area contributed by atoms with Gasteiger partial charge in [-0.2, -0.15) is 0 Å². The molecule has 1 saturated heterocycles. The summed E-state index contributed by atoms with van der Waals surface area (Å²) >= 11 is 5.93. The van der Waals surface area contributed by atoms with Gasteiger partial charge in [0.1, 0.15) is 5.82 Å². The van der Waals surface area contributed by atoms with Crippen LogP contribution < -0.4 is 0 Å². The molecule has 3 amide bonds. The van der Waals surface area contributed by atoms with E-state index in [0.29, 0.717) is 13.1 Å². The highest BCUT2D eigenvalue weighted by Crippen LogP contribution is 2.21. The molecule has 0 N–H and O–H groups in total. The highest BCUT2D eigenvalue weighted by atomic mass is 35.5. The Morgan fingerprint density at radius 3 is 2.40 bits per heavy atom. The Labute approximate surface area is 150 Å². The second-order valence-electron chi connectivity index (χ2n) is 5.67. The van der Waals surface area contributed by atoms with Crippen molar-refractivity contribution < 1.29 is 18.8 Å². The molecule has 134 valence electrons. The maximum atomic E-state index is 13.9. The standard InChI is InChI=1S/C17H19ClFN3O3/c1-3-14(23)20(2)11-15(24)21-7-9-22(10-8-21)17(25)16-12(18)5-4-6-13(16)19/h3-6H,1,7-11H2,2H3. The first-order valence-corrected chi connectivity index (χ1v) is 8.11. The fourth-order valence-corrected chi connectivity index (χ4v) is 2.80. The maximum absolute atomic E-state index is 13.9. The van der Waals surface area contributed by atoms with Gasteiger partial charge in [0.15, 0.2) is 0 Å². The molecule has 25 heavy (non-hydrogen) atoms. The molecular weight excluding hydrogens is 349 g/mol. The maximum Gasteiger partial charge on any atom is 0.258 e. The Hall–Kier alpha value is -2.41. The zero-order valence-electron chi connectivity index (χ0n) is 13.9. The number of halogens is 2. The number of piperazine rings is 1. The van der Waals surface area contributed by atoms with Gasteiger partial charge in [-0.25, -0.2) is 4.39 Å². The third kappa shape index (κ3) is 4.36. The predicted molar refractivity (Wildman–Crippen MR) is 91.7 cm³/mol. The fourth-order valence-electron chi connectivity index (χ4n) is 2.56. The molecular formula is C17H19ClFN3O3. The lowest BCUT2D eigenvalue weighted by Crippen LogP contribution is -2.52. The summed E-state index contributed by atoms with van der Waals surface area (Å²) in [5, 5.41) is 0.0630. The molecule has 1 heterocycles. The van der Waals surface area contributed by atoms with Gasteiger partial charge in [-0.15, -0.1) is 0 Å². The average molecular weight is 368 g/mol. The van der Waals surface area contributed by atoms with Gasteiger partial charge in [-0.3, -0.25) is 14.4 Å². The Balaban J connectivity index is 1.95. The van der Waals surface area contributed by atoms with Crippen LogP contribution in [0.3, 0.4) is 0 Å². The first-order valence-electron chi connectivity index (χ1n) is 7.73. The van der Waals surface area contributed by atoms with E-state index in [1.54, 1.807) is 4.90 Å². The molecule has 1 aromatic rings. The SMILES string of the molecule is C=CC(=O)N(C)CC(=O)N1CCN(C(=O)c2c(F)cccc2Cl)CC1. The number of benzene rings is 1. The summed E-state index contributed by atoms with van der Waals surface area (Å²) in [4.78, 5) is 40.4. The molecule has 2 rings (SSSR count). The molecule has 8 heteroatoms. The number of hydrogen-bond donors (Lipinski definition) is 0. The molecule has 0 aliphatic carbocycles. The van der Waals surface area contributed by atoms with E-state index < -0.39 is 11.7 Å². The van der Waals surface area contributed by atoms with Gasteiger partial charge in [0, 0.05) is 33.2 Å². The Morgan fingerprint density at radius 2 is 1.84 bits per heavy atom. The van der Waals surface area contributed by atoms with Crippen LogP contribution in [-0.4, -0.2) is 72.2 Å². The summed E-state index contributed by atoms with van der Waals surface area (Å²) in [7, 11) is 1.52. The van der Waals surface area contributed by atoms with E-state index in [4.69, 9.17) is 11.6 Å². The molecule has 1 fully saturated rings. The molecule has 6 nitrogen and oxygen atoms in total. The molecule has 0 aromatic heterocycles. The van der Waals surface area contributed by atoms with Crippen molar-refractivity contribution in [2.75, 3.05) is 39.8 Å². The molecule has 0 radical (unpaired) electrons. The number of likely N-dealkylation sites (N-methyl/N-ethyl adjacent to an activating group) is 1. The van der Waals surface area contributed by atoms with Crippen molar-refractivity contribution in [3.63, 3.8) is 0 Å². The highest BCUT2D eigenvalue weighted by molar-refractivity contribution is 6.33. The highest BCUT2D eigenvalue weighted by Gasteiger charge is 2.28. The van der Waals surface area contributed by atoms with E-state index in [1.807, 2.05) is 0 Å². The van der Waals surface area contributed by atoms with Crippen molar-refractivity contribution in [1.29, 1.82) is 0 Å². The lowest BCUT2D eigenvalue weighted by Gasteiger charge is -2.35. The smallest absolute Gasteiger partial charge is 0.258 e. The summed E-state index contributed by atoms with van der Waals surface area (Å²) in [6.45, 7) is 4.48. The predicted octanol–water partition coefficient (Wildman–Crippen LogP) is 1.41. The van der Waals surface area contributed by atoms with Gasteiger partial charge < -0.3 is 14.7 Å². The van der Waals surface area contributed by atoms with E-state index in [2.05, 4.69) is 6.58 Å². The summed E-state index contributed by atoms with van der Waals surface area (Å²) in [5.41, 5.74) is -0.153. The van der Waals surface area contributed by atoms with Gasteiger partial charge in [0.25, 0.3) is 5.91 Å². The monoisotopic (exact) mass is 367 g/mol. The topological polar surface area (TPSA) is 60.9 Å². The van der Waals surface area contributed by atoms with Crippen molar-refractivity contribution in [3.8, 4) is 0 Å². The van der Waals surface area contributed by atoms with Crippen LogP contribution in [0.2, 0.25) is 5.02 Å². The summed E-state index contributed by atoms with van der Waals surface area (Å²) in [6.07, 6.45) is 1.14. The average Bonchev–Trinajstić information content (AvgIpc) is 2.60. The van der Waals surface area contributed by atoms with E-state index in [9.17, 15) is 18.8 Å². The van der Waals surface area contributed by atoms with Gasteiger partial charge in [-0.05, 0) is 18.2 Å². The van der Waals surface area contributed by atoms with E-state index in [1.165, 1.54) is 35.0 Å². The number of carbonyl (C=O) groups excluding carboxylic acids is 3. The van der Waals surface area contributed by atoms with Gasteiger partial charge in [0.05, 0.1) is 17.1 Å². The summed E-state index contributed by atoms with van der Waals surface area (Å²) < 4.78 is 13.9. The van der Waals surface area contributed by atoms with Crippen LogP contribution >= 0.6 is 11.6 Å². The first-order chi connectivity index (χ1) is 11.8. The quantitative estimate of drug-likeness (QED) is 0.756. The van der Waals surface area contributed by atoms with Crippen molar-refractivity contribution in [2.45, 2.75) is 0 Å². The van der Waals surface area contributed by atoms with Crippen molar-refractivity contribution in [3.05, 3.63) is 47.3 Å². The lowest BCUT2D eigenvalue weighted by molar-refractivity contribution is -0.138. The molecule has 0 spiro atoms. The zero-order chi connectivity index (χ0) is 18.6. The van der Waals surface area contributed by atoms with Gasteiger partial charge in [-0.1, -0.05) is 24.2 Å². The Kier molecular flexibility index (Phi) is 6.14. The van der Waals surface area contributed by atoms with E-state index in [-0.39, 0.29) is 42.0 Å². The first kappa shape index (κ1) is 18.9. The largest absolute Gasteiger partial charge is 0.338 e. The van der Waals surface area contributed by atoms with Crippen LogP contribution in [0.5, 0.6) is 0 Å². The number of nitrogens with zero attached hydrogens (tertiary/aromatic N) is 3. The number of amides is 3. The lowest BCUT2D eigenvalue weighted by atomic mass is 10.1. The minimum Gasteiger partial charge on any atom is -0.338 e. The fraction of sp³-hybridized carbons (Fsp3) is 0.353. The molecule has 1 aliphatic rings. The normalized spacial score (nSPS) is 14.2. The van der Waals surface area contributed by atoms with E-state index >= 15 is 0 Å². The van der Waals surface area contributed by atoms with Crippen molar-refractivity contribution >= 4 is 29.3 Å². The number of hydrogen-bond acceptors (Lipinski definition) is 3. The minimum absolute atomic E-state index is 0.0576.